The molecule has 0 aliphatic carbocycles. The van der Waals surface area contributed by atoms with Crippen molar-refractivity contribution in [2.45, 2.75) is 16.2 Å². The number of rotatable bonds is 4. The van der Waals surface area contributed by atoms with Crippen LogP contribution in [0.1, 0.15) is 5.56 Å². The lowest BCUT2D eigenvalue weighted by Gasteiger charge is -2.05. The van der Waals surface area contributed by atoms with Gasteiger partial charge >= 0.3 is 0 Å². The van der Waals surface area contributed by atoms with Crippen molar-refractivity contribution in [3.8, 4) is 0 Å². The molecule has 0 spiro atoms. The van der Waals surface area contributed by atoms with Crippen molar-refractivity contribution in [1.82, 2.24) is 0 Å². The Morgan fingerprint density at radius 1 is 1.00 bits per heavy atom. The van der Waals surface area contributed by atoms with E-state index < -0.39 is 0 Å². The third-order valence-corrected chi connectivity index (χ3v) is 3.32. The first-order chi connectivity index (χ1) is 8.28. The van der Waals surface area contributed by atoms with Crippen molar-refractivity contribution in [3.05, 3.63) is 59.9 Å². The smallest absolute Gasteiger partial charge is 0.124 e. The summed E-state index contributed by atoms with van der Waals surface area (Å²) in [6, 6.07) is 15.0. The highest BCUT2D eigenvalue weighted by molar-refractivity contribution is 7.99. The van der Waals surface area contributed by atoms with Gasteiger partial charge in [-0.2, -0.15) is 0 Å². The van der Waals surface area contributed by atoms with Gasteiger partial charge in [-0.25, -0.2) is 4.39 Å². The van der Waals surface area contributed by atoms with E-state index in [9.17, 15) is 4.39 Å². The van der Waals surface area contributed by atoms with Crippen LogP contribution in [0, 0.1) is 5.82 Å². The fourth-order valence-electron chi connectivity index (χ4n) is 1.62. The molecule has 0 bridgehead atoms. The molecule has 0 saturated heterocycles. The minimum atomic E-state index is -0.200. The highest BCUT2D eigenvalue weighted by Gasteiger charge is 2.02. The first-order valence-corrected chi connectivity index (χ1v) is 6.32. The molecule has 3 heteroatoms. The van der Waals surface area contributed by atoms with Gasteiger partial charge in [0.05, 0.1) is 0 Å². The molecule has 1 nitrogen and oxygen atoms in total. The standard InChI is InChI=1S/C14H14FNS/c15-12-8-11(6-7-16)9-14(10-12)17-13-4-2-1-3-5-13/h1-5,8-10H,6-7,16H2. The van der Waals surface area contributed by atoms with Gasteiger partial charge in [-0.1, -0.05) is 30.0 Å². The summed E-state index contributed by atoms with van der Waals surface area (Å²) in [4.78, 5) is 2.02. The van der Waals surface area contributed by atoms with Gasteiger partial charge in [-0.15, -0.1) is 0 Å². The van der Waals surface area contributed by atoms with E-state index in [0.717, 1.165) is 15.4 Å². The van der Waals surface area contributed by atoms with Crippen LogP contribution in [0.2, 0.25) is 0 Å². The van der Waals surface area contributed by atoms with Crippen LogP contribution >= 0.6 is 11.8 Å². The van der Waals surface area contributed by atoms with Gasteiger partial charge in [0.25, 0.3) is 0 Å². The average Bonchev–Trinajstić information content (AvgIpc) is 2.30. The molecule has 0 saturated carbocycles. The maximum atomic E-state index is 13.4. The molecule has 0 fully saturated rings. The first kappa shape index (κ1) is 12.1. The zero-order valence-corrected chi connectivity index (χ0v) is 10.2. The number of hydrogen-bond acceptors (Lipinski definition) is 2. The van der Waals surface area contributed by atoms with Crippen LogP contribution in [0.5, 0.6) is 0 Å². The summed E-state index contributed by atoms with van der Waals surface area (Å²) in [7, 11) is 0. The Hall–Kier alpha value is -1.32. The van der Waals surface area contributed by atoms with Gasteiger partial charge in [0, 0.05) is 9.79 Å². The van der Waals surface area contributed by atoms with Crippen LogP contribution in [-0.4, -0.2) is 6.54 Å². The van der Waals surface area contributed by atoms with Crippen LogP contribution in [0.15, 0.2) is 58.3 Å². The molecule has 0 atom stereocenters. The minimum Gasteiger partial charge on any atom is -0.330 e. The van der Waals surface area contributed by atoms with Crippen molar-refractivity contribution in [1.29, 1.82) is 0 Å². The minimum absolute atomic E-state index is 0.200. The topological polar surface area (TPSA) is 26.0 Å². The third kappa shape index (κ3) is 3.58. The molecule has 2 rings (SSSR count). The summed E-state index contributed by atoms with van der Waals surface area (Å²) < 4.78 is 13.4. The lowest BCUT2D eigenvalue weighted by molar-refractivity contribution is 0.621. The Morgan fingerprint density at radius 3 is 2.47 bits per heavy atom. The Labute approximate surface area is 105 Å². The van der Waals surface area contributed by atoms with Crippen LogP contribution < -0.4 is 5.73 Å². The van der Waals surface area contributed by atoms with E-state index in [1.807, 2.05) is 36.4 Å². The van der Waals surface area contributed by atoms with Crippen molar-refractivity contribution in [3.63, 3.8) is 0 Å². The molecule has 88 valence electrons. The number of nitrogens with two attached hydrogens (primary N) is 1. The van der Waals surface area contributed by atoms with Gasteiger partial charge in [-0.05, 0) is 48.9 Å². The molecular formula is C14H14FNS. The fourth-order valence-corrected chi connectivity index (χ4v) is 2.56. The highest BCUT2D eigenvalue weighted by atomic mass is 32.2. The van der Waals surface area contributed by atoms with Crippen molar-refractivity contribution in [2.75, 3.05) is 6.54 Å². The van der Waals surface area contributed by atoms with Crippen LogP contribution in [-0.2, 0) is 6.42 Å². The van der Waals surface area contributed by atoms with E-state index in [1.165, 1.54) is 0 Å². The second kappa shape index (κ2) is 5.84. The van der Waals surface area contributed by atoms with E-state index in [1.54, 1.807) is 23.9 Å². The lowest BCUT2D eigenvalue weighted by atomic mass is 10.1. The Bertz CT molecular complexity index is 485. The van der Waals surface area contributed by atoms with E-state index in [-0.39, 0.29) is 5.82 Å². The molecule has 2 N–H and O–H groups in total. The molecule has 0 amide bonds. The summed E-state index contributed by atoms with van der Waals surface area (Å²) in [5.41, 5.74) is 6.43. The van der Waals surface area contributed by atoms with Gasteiger partial charge < -0.3 is 5.73 Å². The van der Waals surface area contributed by atoms with Gasteiger partial charge in [0.2, 0.25) is 0 Å². The van der Waals surface area contributed by atoms with E-state index in [2.05, 4.69) is 0 Å². The summed E-state index contributed by atoms with van der Waals surface area (Å²) in [5.74, 6) is -0.200. The molecule has 17 heavy (non-hydrogen) atoms. The average molecular weight is 247 g/mol. The van der Waals surface area contributed by atoms with Crippen molar-refractivity contribution >= 4 is 11.8 Å². The van der Waals surface area contributed by atoms with Crippen molar-refractivity contribution < 1.29 is 4.39 Å². The number of benzene rings is 2. The molecule has 2 aromatic rings. The predicted molar refractivity (Wildman–Crippen MR) is 69.7 cm³/mol. The lowest BCUT2D eigenvalue weighted by Crippen LogP contribution is -2.02. The molecule has 0 heterocycles. The summed E-state index contributed by atoms with van der Waals surface area (Å²) >= 11 is 1.56. The summed E-state index contributed by atoms with van der Waals surface area (Å²) in [6.07, 6.45) is 0.708. The second-order valence-corrected chi connectivity index (χ2v) is 4.90. The SMILES string of the molecule is NCCc1cc(F)cc(Sc2ccccc2)c1. The second-order valence-electron chi connectivity index (χ2n) is 3.75. The van der Waals surface area contributed by atoms with Gasteiger partial charge in [0.15, 0.2) is 0 Å². The number of halogens is 1. The van der Waals surface area contributed by atoms with Crippen molar-refractivity contribution in [2.24, 2.45) is 5.73 Å². The zero-order chi connectivity index (χ0) is 12.1. The van der Waals surface area contributed by atoms with E-state index in [0.29, 0.717) is 13.0 Å². The molecule has 2 aromatic carbocycles. The molecule has 0 aliphatic rings. The van der Waals surface area contributed by atoms with Crippen LogP contribution in [0.3, 0.4) is 0 Å². The quantitative estimate of drug-likeness (QED) is 0.895. The summed E-state index contributed by atoms with van der Waals surface area (Å²) in [5, 5.41) is 0. The molecule has 0 aromatic heterocycles. The Morgan fingerprint density at radius 2 is 1.76 bits per heavy atom. The molecule has 0 unspecified atom stereocenters. The molecular weight excluding hydrogens is 233 g/mol. The third-order valence-electron chi connectivity index (χ3n) is 2.34. The Kier molecular flexibility index (Phi) is 4.18. The monoisotopic (exact) mass is 247 g/mol. The molecule has 0 radical (unpaired) electrons. The maximum Gasteiger partial charge on any atom is 0.124 e. The van der Waals surface area contributed by atoms with Gasteiger partial charge in [-0.3, -0.25) is 0 Å². The largest absolute Gasteiger partial charge is 0.330 e. The fraction of sp³-hybridized carbons (Fsp3) is 0.143. The zero-order valence-electron chi connectivity index (χ0n) is 9.40. The molecule has 0 aliphatic heterocycles. The highest BCUT2D eigenvalue weighted by Crippen LogP contribution is 2.28. The van der Waals surface area contributed by atoms with Crippen LogP contribution in [0.25, 0.3) is 0 Å². The van der Waals surface area contributed by atoms with Gasteiger partial charge in [0.1, 0.15) is 5.82 Å². The Balaban J connectivity index is 2.21. The summed E-state index contributed by atoms with van der Waals surface area (Å²) in [6.45, 7) is 0.541. The first-order valence-electron chi connectivity index (χ1n) is 5.50. The van der Waals surface area contributed by atoms with E-state index in [4.69, 9.17) is 5.73 Å². The number of hydrogen-bond donors (Lipinski definition) is 1. The normalized spacial score (nSPS) is 10.5. The van der Waals surface area contributed by atoms with Crippen LogP contribution in [0.4, 0.5) is 4.39 Å². The van der Waals surface area contributed by atoms with E-state index >= 15 is 0 Å². The maximum absolute atomic E-state index is 13.4. The predicted octanol–water partition coefficient (Wildman–Crippen LogP) is 3.48.